The van der Waals surface area contributed by atoms with Crippen molar-refractivity contribution in [2.75, 3.05) is 0 Å². The van der Waals surface area contributed by atoms with E-state index in [0.29, 0.717) is 17.2 Å². The van der Waals surface area contributed by atoms with Crippen LogP contribution in [0.4, 0.5) is 0 Å². The van der Waals surface area contributed by atoms with Crippen LogP contribution in [0, 0.1) is 0 Å². The van der Waals surface area contributed by atoms with Gasteiger partial charge in [0, 0.05) is 17.0 Å². The summed E-state index contributed by atoms with van der Waals surface area (Å²) in [5.41, 5.74) is 1.10. The summed E-state index contributed by atoms with van der Waals surface area (Å²) < 4.78 is 2.77. The zero-order valence-corrected chi connectivity index (χ0v) is 16.7. The van der Waals surface area contributed by atoms with Gasteiger partial charge in [-0.15, -0.1) is 0 Å². The van der Waals surface area contributed by atoms with Crippen LogP contribution in [0.5, 0.6) is 0 Å². The number of fused-ring (bicyclic) bond motifs is 1. The van der Waals surface area contributed by atoms with Crippen LogP contribution < -0.4 is 11.2 Å². The Hall–Kier alpha value is -2.47. The van der Waals surface area contributed by atoms with E-state index in [-0.39, 0.29) is 23.2 Å². The number of hydrogen-bond donors (Lipinski definition) is 0. The predicted octanol–water partition coefficient (Wildman–Crippen LogP) is 3.36. The summed E-state index contributed by atoms with van der Waals surface area (Å²) in [5.74, 6) is 0. The second-order valence-corrected chi connectivity index (χ2v) is 8.07. The minimum absolute atomic E-state index is 0.164. The summed E-state index contributed by atoms with van der Waals surface area (Å²) in [6, 6.07) is 7.08. The first-order valence-corrected chi connectivity index (χ1v) is 9.35. The van der Waals surface area contributed by atoms with E-state index in [1.165, 1.54) is 4.57 Å². The molecule has 0 unspecified atom stereocenters. The van der Waals surface area contributed by atoms with Crippen LogP contribution in [0.2, 0.25) is 5.02 Å². The molecule has 0 aliphatic rings. The van der Waals surface area contributed by atoms with Crippen molar-refractivity contribution in [3.8, 4) is 0 Å². The molecular weight excluding hydrogens is 364 g/mol. The van der Waals surface area contributed by atoms with Gasteiger partial charge >= 0.3 is 5.69 Å². The fraction of sp³-hybridized carbons (Fsp3) is 0.400. The molecule has 0 N–H and O–H groups in total. The lowest BCUT2D eigenvalue weighted by Crippen LogP contribution is -2.41. The highest BCUT2D eigenvalue weighted by Gasteiger charge is 2.20. The molecule has 7 heteroatoms. The molecule has 3 rings (SSSR count). The average molecular weight is 387 g/mol. The summed E-state index contributed by atoms with van der Waals surface area (Å²) in [6.07, 6.45) is 2.37. The normalized spacial score (nSPS) is 11.9. The van der Waals surface area contributed by atoms with E-state index in [0.717, 1.165) is 17.7 Å². The van der Waals surface area contributed by atoms with E-state index in [2.05, 4.69) is 9.97 Å². The molecule has 0 aliphatic carbocycles. The molecule has 0 atom stereocenters. The third-order valence-electron chi connectivity index (χ3n) is 4.39. The smallest absolute Gasteiger partial charge is 0.276 e. The molecule has 0 aliphatic heterocycles. The molecule has 2 aromatic heterocycles. The molecule has 0 radical (unpaired) electrons. The van der Waals surface area contributed by atoms with Gasteiger partial charge in [-0.3, -0.25) is 13.9 Å². The molecule has 3 aromatic rings. The van der Waals surface area contributed by atoms with Crippen LogP contribution >= 0.6 is 11.6 Å². The molecular formula is C20H23ClN4O2. The topological polar surface area (TPSA) is 69.8 Å². The Morgan fingerprint density at radius 1 is 1.07 bits per heavy atom. The zero-order valence-electron chi connectivity index (χ0n) is 16.0. The standard InChI is InChI=1S/C20H23ClN4O2/c1-5-10-24-17-16(22-11-15(23-17)20(2,3)4)18(26)25(19(24)27)12-13-6-8-14(21)9-7-13/h6-9,11H,5,10,12H2,1-4H3. The quantitative estimate of drug-likeness (QED) is 0.689. The molecule has 0 fully saturated rings. The highest BCUT2D eigenvalue weighted by molar-refractivity contribution is 6.30. The molecule has 6 nitrogen and oxygen atoms in total. The Bertz CT molecular complexity index is 1090. The van der Waals surface area contributed by atoms with Crippen molar-refractivity contribution in [1.82, 2.24) is 19.1 Å². The fourth-order valence-electron chi connectivity index (χ4n) is 2.87. The molecule has 1 aromatic carbocycles. The number of hydrogen-bond acceptors (Lipinski definition) is 4. The predicted molar refractivity (Wildman–Crippen MR) is 108 cm³/mol. The molecule has 142 valence electrons. The molecule has 2 heterocycles. The summed E-state index contributed by atoms with van der Waals surface area (Å²) in [4.78, 5) is 35.0. The Kier molecular flexibility index (Phi) is 5.20. The van der Waals surface area contributed by atoms with Gasteiger partial charge in [-0.05, 0) is 24.1 Å². The van der Waals surface area contributed by atoms with Crippen LogP contribution in [0.3, 0.4) is 0 Å². The average Bonchev–Trinajstić information content (AvgIpc) is 2.62. The lowest BCUT2D eigenvalue weighted by atomic mass is 9.93. The Balaban J connectivity index is 2.25. The number of aryl methyl sites for hydroxylation is 1. The SMILES string of the molecule is CCCn1c(=O)n(Cc2ccc(Cl)cc2)c(=O)c2ncc(C(C)(C)C)nc21. The van der Waals surface area contributed by atoms with Gasteiger partial charge in [0.05, 0.1) is 18.4 Å². The van der Waals surface area contributed by atoms with Crippen molar-refractivity contribution < 1.29 is 0 Å². The van der Waals surface area contributed by atoms with Crippen molar-refractivity contribution in [3.63, 3.8) is 0 Å². The summed E-state index contributed by atoms with van der Waals surface area (Å²) in [6.45, 7) is 8.68. The monoisotopic (exact) mass is 386 g/mol. The molecule has 0 spiro atoms. The number of nitrogens with zero attached hydrogens (tertiary/aromatic N) is 4. The molecule has 0 saturated heterocycles. The summed E-state index contributed by atoms with van der Waals surface area (Å²) in [5, 5.41) is 0.605. The van der Waals surface area contributed by atoms with E-state index in [1.54, 1.807) is 35.0 Å². The third-order valence-corrected chi connectivity index (χ3v) is 4.64. The van der Waals surface area contributed by atoms with E-state index in [4.69, 9.17) is 11.6 Å². The van der Waals surface area contributed by atoms with Crippen LogP contribution in [0.25, 0.3) is 11.2 Å². The number of benzene rings is 1. The van der Waals surface area contributed by atoms with Gasteiger partial charge in [-0.2, -0.15) is 0 Å². The van der Waals surface area contributed by atoms with Crippen LogP contribution in [0.1, 0.15) is 45.4 Å². The maximum Gasteiger partial charge on any atom is 0.333 e. The Labute approximate surface area is 162 Å². The summed E-state index contributed by atoms with van der Waals surface area (Å²) >= 11 is 5.92. The first-order chi connectivity index (χ1) is 12.7. The molecule has 0 bridgehead atoms. The van der Waals surface area contributed by atoms with Crippen LogP contribution in [-0.4, -0.2) is 19.1 Å². The van der Waals surface area contributed by atoms with E-state index in [9.17, 15) is 9.59 Å². The van der Waals surface area contributed by atoms with E-state index >= 15 is 0 Å². The van der Waals surface area contributed by atoms with E-state index < -0.39 is 5.56 Å². The molecule has 0 saturated carbocycles. The van der Waals surface area contributed by atoms with Crippen LogP contribution in [-0.2, 0) is 18.5 Å². The van der Waals surface area contributed by atoms with Gasteiger partial charge in [0.15, 0.2) is 11.2 Å². The lowest BCUT2D eigenvalue weighted by molar-refractivity contribution is 0.555. The van der Waals surface area contributed by atoms with Gasteiger partial charge in [-0.1, -0.05) is 51.4 Å². The minimum atomic E-state index is -0.426. The zero-order chi connectivity index (χ0) is 19.8. The van der Waals surface area contributed by atoms with Gasteiger partial charge in [0.2, 0.25) is 0 Å². The lowest BCUT2D eigenvalue weighted by Gasteiger charge is -2.19. The van der Waals surface area contributed by atoms with E-state index in [1.807, 2.05) is 27.7 Å². The third kappa shape index (κ3) is 3.81. The van der Waals surface area contributed by atoms with Gasteiger partial charge in [-0.25, -0.2) is 14.8 Å². The van der Waals surface area contributed by atoms with Crippen molar-refractivity contribution in [3.05, 3.63) is 67.6 Å². The highest BCUT2D eigenvalue weighted by atomic mass is 35.5. The van der Waals surface area contributed by atoms with Crippen molar-refractivity contribution in [2.45, 2.75) is 52.6 Å². The number of rotatable bonds is 4. The molecule has 0 amide bonds. The van der Waals surface area contributed by atoms with Gasteiger partial charge in [0.1, 0.15) is 0 Å². The number of halogens is 1. The maximum absolute atomic E-state index is 13.1. The van der Waals surface area contributed by atoms with Crippen molar-refractivity contribution >= 4 is 22.8 Å². The first kappa shape index (κ1) is 19.3. The van der Waals surface area contributed by atoms with Gasteiger partial charge in [0.25, 0.3) is 5.56 Å². The molecule has 27 heavy (non-hydrogen) atoms. The van der Waals surface area contributed by atoms with Crippen LogP contribution in [0.15, 0.2) is 40.1 Å². The Morgan fingerprint density at radius 2 is 1.74 bits per heavy atom. The maximum atomic E-state index is 13.1. The summed E-state index contributed by atoms with van der Waals surface area (Å²) in [7, 11) is 0. The second-order valence-electron chi connectivity index (χ2n) is 7.63. The Morgan fingerprint density at radius 3 is 2.33 bits per heavy atom. The van der Waals surface area contributed by atoms with Crippen molar-refractivity contribution in [1.29, 1.82) is 0 Å². The highest BCUT2D eigenvalue weighted by Crippen LogP contribution is 2.20. The largest absolute Gasteiger partial charge is 0.333 e. The second kappa shape index (κ2) is 7.27. The van der Waals surface area contributed by atoms with Crippen molar-refractivity contribution in [2.24, 2.45) is 0 Å². The first-order valence-electron chi connectivity index (χ1n) is 8.97. The minimum Gasteiger partial charge on any atom is -0.276 e. The van der Waals surface area contributed by atoms with Gasteiger partial charge < -0.3 is 0 Å². The number of aromatic nitrogens is 4. The fourth-order valence-corrected chi connectivity index (χ4v) is 2.99.